The number of hydrogen-bond acceptors (Lipinski definition) is 5. The first-order valence-corrected chi connectivity index (χ1v) is 11.9. The first kappa shape index (κ1) is 19.0. The van der Waals surface area contributed by atoms with Gasteiger partial charge in [-0.2, -0.15) is 0 Å². The van der Waals surface area contributed by atoms with Crippen LogP contribution in [0.2, 0.25) is 0 Å². The molecule has 1 N–H and O–H groups in total. The number of hydrogen-bond donors (Lipinski definition) is 1. The molecule has 1 saturated carbocycles. The average Bonchev–Trinajstić information content (AvgIpc) is 3.22. The second-order valence-electron chi connectivity index (χ2n) is 7.71. The molecule has 0 radical (unpaired) electrons. The molecule has 2 aromatic heterocycles. The zero-order chi connectivity index (χ0) is 19.0. The van der Waals surface area contributed by atoms with E-state index in [1.165, 1.54) is 41.5 Å². The lowest BCUT2D eigenvalue weighted by molar-refractivity contribution is -0.119. The second-order valence-corrected chi connectivity index (χ2v) is 9.73. The Morgan fingerprint density at radius 2 is 2.11 bits per heavy atom. The van der Waals surface area contributed by atoms with Gasteiger partial charge >= 0.3 is 0 Å². The Hall–Kier alpha value is -1.34. The Kier molecular flexibility index (Phi) is 5.60. The van der Waals surface area contributed by atoms with Crippen LogP contribution in [0.15, 0.2) is 9.95 Å². The summed E-state index contributed by atoms with van der Waals surface area (Å²) in [5, 5.41) is 4.67. The number of fused-ring (bicyclic) bond motifs is 3. The van der Waals surface area contributed by atoms with E-state index in [1.807, 2.05) is 6.92 Å². The highest BCUT2D eigenvalue weighted by Crippen LogP contribution is 2.35. The van der Waals surface area contributed by atoms with Gasteiger partial charge in [-0.15, -0.1) is 11.3 Å². The minimum Gasteiger partial charge on any atom is -0.352 e. The molecule has 2 heterocycles. The molecular weight excluding hydrogens is 378 g/mol. The van der Waals surface area contributed by atoms with Crippen LogP contribution in [0.1, 0.15) is 56.4 Å². The zero-order valence-corrected chi connectivity index (χ0v) is 17.7. The summed E-state index contributed by atoms with van der Waals surface area (Å²) in [7, 11) is 0. The van der Waals surface area contributed by atoms with E-state index in [-0.39, 0.29) is 17.5 Å². The van der Waals surface area contributed by atoms with Crippen molar-refractivity contribution in [3.05, 3.63) is 20.8 Å². The number of nitrogens with zero attached hydrogens (tertiary/aromatic N) is 2. The molecule has 1 amide bonds. The monoisotopic (exact) mass is 405 g/mol. The van der Waals surface area contributed by atoms with E-state index < -0.39 is 0 Å². The third-order valence-corrected chi connectivity index (χ3v) is 8.06. The highest BCUT2D eigenvalue weighted by Gasteiger charge is 2.25. The van der Waals surface area contributed by atoms with Crippen LogP contribution >= 0.6 is 23.1 Å². The van der Waals surface area contributed by atoms with Crippen LogP contribution in [-0.2, 0) is 24.2 Å². The Balaban J connectivity index is 1.51. The molecule has 0 bridgehead atoms. The van der Waals surface area contributed by atoms with Crippen molar-refractivity contribution in [2.75, 3.05) is 5.75 Å². The molecular formula is C20H27N3O2S2. The molecule has 0 aliphatic heterocycles. The van der Waals surface area contributed by atoms with E-state index >= 15 is 0 Å². The molecule has 2 atom stereocenters. The van der Waals surface area contributed by atoms with Gasteiger partial charge in [0.2, 0.25) is 5.91 Å². The van der Waals surface area contributed by atoms with Gasteiger partial charge in [-0.1, -0.05) is 31.5 Å². The van der Waals surface area contributed by atoms with Gasteiger partial charge in [-0.25, -0.2) is 4.98 Å². The minimum absolute atomic E-state index is 0.0458. The Bertz CT molecular complexity index is 918. The predicted molar refractivity (Wildman–Crippen MR) is 112 cm³/mol. The number of carbonyl (C=O) groups excluding carboxylic acids is 1. The SMILES string of the molecule is CCn1c(SCC(=O)NC2CCCCC2C)nc2sc3c(c2c1=O)CCC3. The van der Waals surface area contributed by atoms with Crippen molar-refractivity contribution in [2.24, 2.45) is 5.92 Å². The maximum absolute atomic E-state index is 13.0. The van der Waals surface area contributed by atoms with Gasteiger partial charge in [0.15, 0.2) is 5.16 Å². The third kappa shape index (κ3) is 3.68. The fourth-order valence-electron chi connectivity index (χ4n) is 4.36. The molecule has 1 fully saturated rings. The summed E-state index contributed by atoms with van der Waals surface area (Å²) in [6, 6.07) is 0.288. The number of aryl methyl sites for hydroxylation is 2. The molecule has 2 aliphatic carbocycles. The maximum atomic E-state index is 13.0. The van der Waals surface area contributed by atoms with E-state index in [2.05, 4.69) is 12.2 Å². The van der Waals surface area contributed by atoms with Crippen LogP contribution < -0.4 is 10.9 Å². The van der Waals surface area contributed by atoms with Crippen LogP contribution in [0.3, 0.4) is 0 Å². The molecule has 2 unspecified atom stereocenters. The van der Waals surface area contributed by atoms with Crippen LogP contribution in [0, 0.1) is 5.92 Å². The van der Waals surface area contributed by atoms with Crippen molar-refractivity contribution in [2.45, 2.75) is 76.5 Å². The number of thioether (sulfide) groups is 1. The van der Waals surface area contributed by atoms with Crippen molar-refractivity contribution < 1.29 is 4.79 Å². The van der Waals surface area contributed by atoms with Gasteiger partial charge in [0.05, 0.1) is 11.1 Å². The van der Waals surface area contributed by atoms with Crippen molar-refractivity contribution in [3.8, 4) is 0 Å². The lowest BCUT2D eigenvalue weighted by atomic mass is 9.86. The minimum atomic E-state index is 0.0458. The van der Waals surface area contributed by atoms with Crippen molar-refractivity contribution in [1.82, 2.24) is 14.9 Å². The van der Waals surface area contributed by atoms with Gasteiger partial charge in [0.25, 0.3) is 5.56 Å². The van der Waals surface area contributed by atoms with Crippen molar-refractivity contribution in [1.29, 1.82) is 0 Å². The first-order chi connectivity index (χ1) is 13.1. The summed E-state index contributed by atoms with van der Waals surface area (Å²) in [5.41, 5.74) is 1.28. The fourth-order valence-corrected chi connectivity index (χ4v) is 6.53. The average molecular weight is 406 g/mol. The lowest BCUT2D eigenvalue weighted by Crippen LogP contribution is -2.41. The predicted octanol–water partition coefficient (Wildman–Crippen LogP) is 3.75. The molecule has 5 nitrogen and oxygen atoms in total. The van der Waals surface area contributed by atoms with Crippen molar-refractivity contribution >= 4 is 39.2 Å². The molecule has 0 aromatic carbocycles. The van der Waals surface area contributed by atoms with Crippen LogP contribution in [-0.4, -0.2) is 27.3 Å². The number of amides is 1. The number of nitrogens with one attached hydrogen (secondary N) is 1. The molecule has 2 aromatic rings. The Labute approximate surface area is 167 Å². The van der Waals surface area contributed by atoms with Gasteiger partial charge in [0.1, 0.15) is 4.83 Å². The molecule has 27 heavy (non-hydrogen) atoms. The van der Waals surface area contributed by atoms with E-state index in [1.54, 1.807) is 15.9 Å². The van der Waals surface area contributed by atoms with Crippen LogP contribution in [0.25, 0.3) is 10.2 Å². The summed E-state index contributed by atoms with van der Waals surface area (Å²) >= 11 is 3.04. The fraction of sp³-hybridized carbons (Fsp3) is 0.650. The first-order valence-electron chi connectivity index (χ1n) is 10.1. The topological polar surface area (TPSA) is 64.0 Å². The summed E-state index contributed by atoms with van der Waals surface area (Å²) in [5.74, 6) is 0.903. The van der Waals surface area contributed by atoms with Gasteiger partial charge < -0.3 is 5.32 Å². The smallest absolute Gasteiger partial charge is 0.263 e. The van der Waals surface area contributed by atoms with Crippen molar-refractivity contribution in [3.63, 3.8) is 0 Å². The van der Waals surface area contributed by atoms with E-state index in [0.717, 1.165) is 35.9 Å². The number of thiophene rings is 1. The maximum Gasteiger partial charge on any atom is 0.263 e. The highest BCUT2D eigenvalue weighted by atomic mass is 32.2. The van der Waals surface area contributed by atoms with E-state index in [4.69, 9.17) is 4.98 Å². The third-order valence-electron chi connectivity index (χ3n) is 5.90. The second kappa shape index (κ2) is 7.95. The number of rotatable bonds is 5. The Morgan fingerprint density at radius 3 is 2.89 bits per heavy atom. The molecule has 0 saturated heterocycles. The standard InChI is InChI=1S/C20H27N3O2S2/c1-3-23-19(25)17-13-8-6-10-15(13)27-18(17)22-20(23)26-11-16(24)21-14-9-5-4-7-12(14)2/h12,14H,3-11H2,1-2H3,(H,21,24). The molecule has 2 aliphatic rings. The quantitative estimate of drug-likeness (QED) is 0.608. The summed E-state index contributed by atoms with van der Waals surface area (Å²) < 4.78 is 1.73. The largest absolute Gasteiger partial charge is 0.352 e. The highest BCUT2D eigenvalue weighted by molar-refractivity contribution is 7.99. The van der Waals surface area contributed by atoms with Crippen LogP contribution in [0.4, 0.5) is 0 Å². The van der Waals surface area contributed by atoms with Gasteiger partial charge in [-0.05, 0) is 50.5 Å². The summed E-state index contributed by atoms with van der Waals surface area (Å²) in [4.78, 5) is 32.4. The number of aromatic nitrogens is 2. The summed E-state index contributed by atoms with van der Waals surface area (Å²) in [6.45, 7) is 4.77. The van der Waals surface area contributed by atoms with Gasteiger partial charge in [-0.3, -0.25) is 14.2 Å². The molecule has 7 heteroatoms. The normalized spacial score (nSPS) is 22.1. The van der Waals surface area contributed by atoms with Gasteiger partial charge in [0, 0.05) is 17.5 Å². The molecule has 0 spiro atoms. The van der Waals surface area contributed by atoms with E-state index in [9.17, 15) is 9.59 Å². The summed E-state index contributed by atoms with van der Waals surface area (Å²) in [6.07, 6.45) is 7.91. The van der Waals surface area contributed by atoms with Crippen LogP contribution in [0.5, 0.6) is 0 Å². The zero-order valence-electron chi connectivity index (χ0n) is 16.0. The molecule has 146 valence electrons. The molecule has 4 rings (SSSR count). The number of carbonyl (C=O) groups is 1. The lowest BCUT2D eigenvalue weighted by Gasteiger charge is -2.29. The van der Waals surface area contributed by atoms with E-state index in [0.29, 0.717) is 23.4 Å². The Morgan fingerprint density at radius 1 is 1.30 bits per heavy atom.